The molecule has 0 aliphatic carbocycles. The minimum absolute atomic E-state index is 0.151. The highest BCUT2D eigenvalue weighted by atomic mass is 16.5. The van der Waals surface area contributed by atoms with E-state index < -0.39 is 24.1 Å². The van der Waals surface area contributed by atoms with Crippen LogP contribution in [-0.4, -0.2) is 71.7 Å². The van der Waals surface area contributed by atoms with Gasteiger partial charge in [0.2, 0.25) is 5.91 Å². The molecule has 8 heteroatoms. The molecule has 0 aromatic carbocycles. The van der Waals surface area contributed by atoms with Gasteiger partial charge in [0.25, 0.3) is 0 Å². The zero-order chi connectivity index (χ0) is 13.9. The van der Waals surface area contributed by atoms with Gasteiger partial charge in [0.15, 0.2) is 0 Å². The number of primary amides is 1. The lowest BCUT2D eigenvalue weighted by molar-refractivity contribution is -0.160. The number of nitrogens with two attached hydrogens (primary N) is 1. The zero-order valence-electron chi connectivity index (χ0n) is 10.4. The number of carbonyl (C=O) groups is 3. The third-order valence-electron chi connectivity index (χ3n) is 2.58. The van der Waals surface area contributed by atoms with Crippen LogP contribution < -0.4 is 5.73 Å². The molecular weight excluding hydrogens is 242 g/mol. The highest BCUT2D eigenvalue weighted by Crippen LogP contribution is 2.25. The first-order valence-corrected chi connectivity index (χ1v) is 5.37. The van der Waals surface area contributed by atoms with E-state index in [1.807, 2.05) is 0 Å². The molecular formula is C10H17N3O5. The molecule has 0 aromatic rings. The highest BCUT2D eigenvalue weighted by molar-refractivity contribution is 5.83. The maximum Gasteiger partial charge on any atom is 0.329 e. The summed E-state index contributed by atoms with van der Waals surface area (Å²) in [5.74, 6) is -1.64. The van der Waals surface area contributed by atoms with E-state index in [4.69, 9.17) is 15.6 Å². The van der Waals surface area contributed by atoms with Gasteiger partial charge in [-0.3, -0.25) is 4.79 Å². The van der Waals surface area contributed by atoms with E-state index in [9.17, 15) is 14.4 Å². The van der Waals surface area contributed by atoms with Gasteiger partial charge in [-0.25, -0.2) is 9.59 Å². The fourth-order valence-electron chi connectivity index (χ4n) is 1.77. The predicted octanol–water partition coefficient (Wildman–Crippen LogP) is -1.30. The molecule has 1 aliphatic heterocycles. The van der Waals surface area contributed by atoms with E-state index in [2.05, 4.69) is 0 Å². The summed E-state index contributed by atoms with van der Waals surface area (Å²) in [5, 5.41) is 8.49. The first-order valence-electron chi connectivity index (χ1n) is 5.37. The van der Waals surface area contributed by atoms with Crippen LogP contribution in [0.3, 0.4) is 0 Å². The molecule has 1 aliphatic rings. The number of likely N-dealkylation sites (N-methyl/N-ethyl adjacent to an activating group) is 1. The van der Waals surface area contributed by atoms with Crippen molar-refractivity contribution in [3.8, 4) is 0 Å². The molecule has 1 heterocycles. The minimum atomic E-state index is -1.05. The first-order chi connectivity index (χ1) is 8.23. The Morgan fingerprint density at radius 3 is 2.44 bits per heavy atom. The molecule has 3 N–H and O–H groups in total. The SMILES string of the molecule is CN(CC(N)=O)C(=O)N1CC(C)(OCC(=O)O)C1. The van der Waals surface area contributed by atoms with Gasteiger partial charge < -0.3 is 25.4 Å². The quantitative estimate of drug-likeness (QED) is 0.637. The number of rotatable bonds is 5. The van der Waals surface area contributed by atoms with Gasteiger partial charge in [0.05, 0.1) is 13.1 Å². The molecule has 0 radical (unpaired) electrons. The summed E-state index contributed by atoms with van der Waals surface area (Å²) in [6.45, 7) is 1.77. The monoisotopic (exact) mass is 259 g/mol. The van der Waals surface area contributed by atoms with Gasteiger partial charge >= 0.3 is 12.0 Å². The third kappa shape index (κ3) is 3.59. The van der Waals surface area contributed by atoms with Crippen LogP contribution in [0.5, 0.6) is 0 Å². The Labute approximate surface area is 104 Å². The number of hydrogen-bond donors (Lipinski definition) is 2. The van der Waals surface area contributed by atoms with E-state index in [1.54, 1.807) is 6.92 Å². The Bertz CT molecular complexity index is 365. The number of carboxylic acids is 1. The van der Waals surface area contributed by atoms with Crippen LogP contribution in [-0.2, 0) is 14.3 Å². The largest absolute Gasteiger partial charge is 0.480 e. The number of nitrogens with zero attached hydrogens (tertiary/aromatic N) is 2. The Morgan fingerprint density at radius 1 is 1.44 bits per heavy atom. The number of urea groups is 1. The van der Waals surface area contributed by atoms with Crippen LogP contribution >= 0.6 is 0 Å². The van der Waals surface area contributed by atoms with Gasteiger partial charge in [0, 0.05) is 7.05 Å². The van der Waals surface area contributed by atoms with E-state index in [0.29, 0.717) is 13.1 Å². The van der Waals surface area contributed by atoms with Gasteiger partial charge in [0.1, 0.15) is 18.8 Å². The van der Waals surface area contributed by atoms with Crippen molar-refractivity contribution in [1.82, 2.24) is 9.80 Å². The average Bonchev–Trinajstić information content (AvgIpc) is 2.20. The zero-order valence-corrected chi connectivity index (χ0v) is 10.4. The highest BCUT2D eigenvalue weighted by Gasteiger charge is 2.43. The number of carbonyl (C=O) groups excluding carboxylic acids is 2. The van der Waals surface area contributed by atoms with Crippen molar-refractivity contribution in [2.75, 3.05) is 33.3 Å². The molecule has 102 valence electrons. The summed E-state index contributed by atoms with van der Waals surface area (Å²) in [6.07, 6.45) is 0. The lowest BCUT2D eigenvalue weighted by Gasteiger charge is -2.48. The molecule has 8 nitrogen and oxygen atoms in total. The molecule has 0 unspecified atom stereocenters. The average molecular weight is 259 g/mol. The summed E-state index contributed by atoms with van der Waals surface area (Å²) in [5.41, 5.74) is 4.35. The summed E-state index contributed by atoms with van der Waals surface area (Å²) in [4.78, 5) is 35.5. The van der Waals surface area contributed by atoms with Crippen molar-refractivity contribution < 1.29 is 24.2 Å². The standard InChI is InChI=1S/C10H17N3O5/c1-10(18-4-8(15)16)5-13(6-10)9(17)12(2)3-7(11)14/h3-6H2,1-2H3,(H2,11,14)(H,15,16). The molecule has 1 fully saturated rings. The van der Waals surface area contributed by atoms with Crippen molar-refractivity contribution in [1.29, 1.82) is 0 Å². The molecule has 0 bridgehead atoms. The van der Waals surface area contributed by atoms with Gasteiger partial charge in [-0.15, -0.1) is 0 Å². The second kappa shape index (κ2) is 5.21. The van der Waals surface area contributed by atoms with Crippen LogP contribution in [0.1, 0.15) is 6.92 Å². The Kier molecular flexibility index (Phi) is 4.12. The number of ether oxygens (including phenoxy) is 1. The van der Waals surface area contributed by atoms with E-state index in [-0.39, 0.29) is 12.6 Å². The lowest BCUT2D eigenvalue weighted by Crippen LogP contribution is -2.65. The van der Waals surface area contributed by atoms with Crippen molar-refractivity contribution in [3.05, 3.63) is 0 Å². The van der Waals surface area contributed by atoms with Crippen LogP contribution in [0.15, 0.2) is 0 Å². The Hall–Kier alpha value is -1.83. The topological polar surface area (TPSA) is 113 Å². The third-order valence-corrected chi connectivity index (χ3v) is 2.58. The van der Waals surface area contributed by atoms with E-state index in [1.165, 1.54) is 16.8 Å². The lowest BCUT2D eigenvalue weighted by atomic mass is 9.97. The Balaban J connectivity index is 2.38. The molecule has 1 rings (SSSR count). The number of amides is 3. The maximum absolute atomic E-state index is 11.8. The fraction of sp³-hybridized carbons (Fsp3) is 0.700. The summed E-state index contributed by atoms with van der Waals surface area (Å²) in [6, 6.07) is -0.329. The van der Waals surface area contributed by atoms with Crippen LogP contribution in [0.4, 0.5) is 4.79 Å². The molecule has 0 aromatic heterocycles. The van der Waals surface area contributed by atoms with Crippen LogP contribution in [0.25, 0.3) is 0 Å². The Morgan fingerprint density at radius 2 is 2.00 bits per heavy atom. The van der Waals surface area contributed by atoms with Crippen molar-refractivity contribution in [3.63, 3.8) is 0 Å². The van der Waals surface area contributed by atoms with Crippen LogP contribution in [0.2, 0.25) is 0 Å². The van der Waals surface area contributed by atoms with Gasteiger partial charge in [-0.05, 0) is 6.92 Å². The van der Waals surface area contributed by atoms with E-state index in [0.717, 1.165) is 0 Å². The first kappa shape index (κ1) is 14.2. The minimum Gasteiger partial charge on any atom is -0.480 e. The van der Waals surface area contributed by atoms with Crippen molar-refractivity contribution in [2.45, 2.75) is 12.5 Å². The molecule has 0 atom stereocenters. The summed E-state index contributed by atoms with van der Waals surface area (Å²) in [7, 11) is 1.47. The molecule has 1 saturated heterocycles. The number of hydrogen-bond acceptors (Lipinski definition) is 4. The maximum atomic E-state index is 11.8. The smallest absolute Gasteiger partial charge is 0.329 e. The second-order valence-corrected chi connectivity index (χ2v) is 4.59. The summed E-state index contributed by atoms with van der Waals surface area (Å²) >= 11 is 0. The predicted molar refractivity (Wildman–Crippen MR) is 60.8 cm³/mol. The number of carboxylic acid groups (broad SMARTS) is 1. The molecule has 0 spiro atoms. The second-order valence-electron chi connectivity index (χ2n) is 4.59. The van der Waals surface area contributed by atoms with Crippen molar-refractivity contribution >= 4 is 17.9 Å². The van der Waals surface area contributed by atoms with E-state index >= 15 is 0 Å². The number of likely N-dealkylation sites (tertiary alicyclic amines) is 1. The van der Waals surface area contributed by atoms with Gasteiger partial charge in [-0.2, -0.15) is 0 Å². The van der Waals surface area contributed by atoms with Crippen LogP contribution in [0, 0.1) is 0 Å². The molecule has 3 amide bonds. The van der Waals surface area contributed by atoms with Crippen molar-refractivity contribution in [2.24, 2.45) is 5.73 Å². The normalized spacial score (nSPS) is 16.9. The number of aliphatic carboxylic acids is 1. The molecule has 0 saturated carbocycles. The summed E-state index contributed by atoms with van der Waals surface area (Å²) < 4.78 is 5.16. The van der Waals surface area contributed by atoms with Gasteiger partial charge in [-0.1, -0.05) is 0 Å². The molecule has 18 heavy (non-hydrogen) atoms. The fourth-order valence-corrected chi connectivity index (χ4v) is 1.77.